The van der Waals surface area contributed by atoms with Crippen molar-refractivity contribution < 1.29 is 9.53 Å². The predicted octanol–water partition coefficient (Wildman–Crippen LogP) is 4.53. The van der Waals surface area contributed by atoms with Crippen molar-refractivity contribution in [2.45, 2.75) is 71.0 Å². The number of hydrogen-bond acceptors (Lipinski definition) is 2. The summed E-state index contributed by atoms with van der Waals surface area (Å²) >= 11 is -1.02. The summed E-state index contributed by atoms with van der Waals surface area (Å²) in [5.74, 6) is 0. The molecule has 3 nitrogen and oxygen atoms in total. The standard InChI is InChI=1S/C12H24NO2.C4H6.In/c1-5-6-7-8-9-10-13-11(14)15-12(2,3)4;1-3-4-2;/h1,5-10H2,2-4H3,(H,13,14);3-4H,1-2H2;. The maximum absolute atomic E-state index is 11.4. The molecule has 0 saturated heterocycles. The minimum absolute atomic E-state index is 0.291. The molecule has 0 aromatic carbocycles. The van der Waals surface area contributed by atoms with Crippen LogP contribution in [0.4, 0.5) is 4.79 Å². The van der Waals surface area contributed by atoms with Crippen LogP contribution in [0.2, 0.25) is 12.5 Å². The second kappa shape index (κ2) is 9.75. The SMILES string of the molecule is CC(C)(C)OC(=O)NCCCCCC[CH2][In]1[CH2]C=C[CH2]1. The van der Waals surface area contributed by atoms with Crippen LogP contribution in [-0.2, 0) is 4.74 Å². The molecule has 20 heavy (non-hydrogen) atoms. The second-order valence-electron chi connectivity index (χ2n) is 6.79. The summed E-state index contributed by atoms with van der Waals surface area (Å²) in [7, 11) is 0. The van der Waals surface area contributed by atoms with Crippen LogP contribution in [0.1, 0.15) is 52.9 Å². The van der Waals surface area contributed by atoms with Gasteiger partial charge in [0, 0.05) is 0 Å². The molecule has 4 heteroatoms. The molecule has 0 bridgehead atoms. The van der Waals surface area contributed by atoms with E-state index in [9.17, 15) is 4.79 Å². The number of hydrogen-bond donors (Lipinski definition) is 1. The molecule has 0 radical (unpaired) electrons. The van der Waals surface area contributed by atoms with Crippen LogP contribution >= 0.6 is 0 Å². The fourth-order valence-electron chi connectivity index (χ4n) is 2.50. The Morgan fingerprint density at radius 1 is 1.10 bits per heavy atom. The number of allylic oxidation sites excluding steroid dienone is 2. The summed E-state index contributed by atoms with van der Waals surface area (Å²) in [6.07, 6.45) is 10.9. The zero-order chi connectivity index (χ0) is 14.8. The number of carbonyl (C=O) groups excluding carboxylic acids is 1. The number of unbranched alkanes of at least 4 members (excludes halogenated alkanes) is 4. The maximum atomic E-state index is 11.4. The van der Waals surface area contributed by atoms with Crippen LogP contribution in [0.3, 0.4) is 0 Å². The molecule has 1 heterocycles. The third-order valence-corrected chi connectivity index (χ3v) is 12.4. The molecule has 1 rings (SSSR count). The van der Waals surface area contributed by atoms with E-state index in [1.165, 1.54) is 34.0 Å². The Hall–Kier alpha value is -0.120. The molecule has 0 unspecified atom stereocenters. The molecule has 1 aliphatic heterocycles. The van der Waals surface area contributed by atoms with Gasteiger partial charge in [-0.05, 0) is 0 Å². The van der Waals surface area contributed by atoms with Gasteiger partial charge in [0.15, 0.2) is 0 Å². The molecule has 1 N–H and O–H groups in total. The van der Waals surface area contributed by atoms with Crippen LogP contribution in [0.25, 0.3) is 0 Å². The van der Waals surface area contributed by atoms with E-state index >= 15 is 0 Å². The Labute approximate surface area is 132 Å². The Morgan fingerprint density at radius 3 is 2.35 bits per heavy atom. The first kappa shape index (κ1) is 17.9. The van der Waals surface area contributed by atoms with Crippen molar-refractivity contribution in [1.82, 2.24) is 5.32 Å². The van der Waals surface area contributed by atoms with Gasteiger partial charge in [0.2, 0.25) is 0 Å². The fraction of sp³-hybridized carbons (Fsp3) is 0.812. The van der Waals surface area contributed by atoms with Crippen molar-refractivity contribution in [3.63, 3.8) is 0 Å². The number of rotatable bonds is 8. The molecule has 0 spiro atoms. The van der Waals surface area contributed by atoms with Crippen LogP contribution in [0, 0.1) is 0 Å². The van der Waals surface area contributed by atoms with Crippen molar-refractivity contribution in [2.75, 3.05) is 6.54 Å². The molecule has 0 aliphatic carbocycles. The van der Waals surface area contributed by atoms with E-state index in [-0.39, 0.29) is 6.09 Å². The van der Waals surface area contributed by atoms with E-state index in [0.29, 0.717) is 0 Å². The average Bonchev–Trinajstić information content (AvgIpc) is 2.83. The van der Waals surface area contributed by atoms with Crippen molar-refractivity contribution in [3.05, 3.63) is 12.2 Å². The number of amides is 1. The molecule has 0 fully saturated rings. The number of ether oxygens (including phenoxy) is 1. The minimum atomic E-state index is -1.02. The first-order valence-corrected chi connectivity index (χ1v) is 15.1. The molecule has 1 aliphatic rings. The van der Waals surface area contributed by atoms with Gasteiger partial charge in [-0.25, -0.2) is 0 Å². The van der Waals surface area contributed by atoms with Crippen LogP contribution < -0.4 is 5.32 Å². The first-order valence-electron chi connectivity index (χ1n) is 8.09. The van der Waals surface area contributed by atoms with Crippen molar-refractivity contribution in [3.8, 4) is 0 Å². The molecule has 0 aromatic rings. The van der Waals surface area contributed by atoms with Crippen LogP contribution in [0.5, 0.6) is 0 Å². The van der Waals surface area contributed by atoms with Gasteiger partial charge in [-0.1, -0.05) is 0 Å². The Kier molecular flexibility index (Phi) is 8.74. The molecule has 1 amide bonds. The van der Waals surface area contributed by atoms with E-state index < -0.39 is 27.0 Å². The summed E-state index contributed by atoms with van der Waals surface area (Å²) < 4.78 is 9.78. The van der Waals surface area contributed by atoms with Crippen molar-refractivity contribution >= 4 is 27.5 Å². The topological polar surface area (TPSA) is 38.3 Å². The Bertz CT molecular complexity index is 302. The Balaban J connectivity index is 1.83. The summed E-state index contributed by atoms with van der Waals surface area (Å²) in [6.45, 7) is 6.40. The van der Waals surface area contributed by atoms with Gasteiger partial charge < -0.3 is 0 Å². The van der Waals surface area contributed by atoms with Gasteiger partial charge in [-0.3, -0.25) is 0 Å². The summed E-state index contributed by atoms with van der Waals surface area (Å²) in [4.78, 5) is 11.4. The third-order valence-electron chi connectivity index (χ3n) is 3.56. The van der Waals surface area contributed by atoms with Gasteiger partial charge in [0.1, 0.15) is 0 Å². The monoisotopic (exact) mass is 383 g/mol. The van der Waals surface area contributed by atoms with Crippen molar-refractivity contribution in [1.29, 1.82) is 0 Å². The predicted molar refractivity (Wildman–Crippen MR) is 86.6 cm³/mol. The van der Waals surface area contributed by atoms with Gasteiger partial charge in [-0.2, -0.15) is 0 Å². The number of nitrogens with one attached hydrogen (secondary N) is 1. The normalized spacial score (nSPS) is 14.7. The van der Waals surface area contributed by atoms with Gasteiger partial charge in [0.05, 0.1) is 0 Å². The molecular weight excluding hydrogens is 353 g/mol. The average molecular weight is 383 g/mol. The van der Waals surface area contributed by atoms with E-state index in [0.717, 1.165) is 13.0 Å². The van der Waals surface area contributed by atoms with E-state index in [2.05, 4.69) is 17.5 Å². The van der Waals surface area contributed by atoms with Crippen LogP contribution in [0.15, 0.2) is 12.2 Å². The second-order valence-corrected chi connectivity index (χ2v) is 16.1. The number of alkyl carbamates (subject to hydrolysis) is 1. The molecule has 0 aromatic heterocycles. The van der Waals surface area contributed by atoms with Crippen LogP contribution in [-0.4, -0.2) is 39.7 Å². The fourth-order valence-corrected chi connectivity index (χ4v) is 10.2. The number of carbonyl (C=O) groups is 1. The van der Waals surface area contributed by atoms with Gasteiger partial charge in [0.25, 0.3) is 0 Å². The quantitative estimate of drug-likeness (QED) is 0.494. The summed E-state index contributed by atoms with van der Waals surface area (Å²) in [5, 5.41) is 2.82. The van der Waals surface area contributed by atoms with Crippen molar-refractivity contribution in [2.24, 2.45) is 0 Å². The van der Waals surface area contributed by atoms with E-state index in [1.54, 1.807) is 4.18 Å². The van der Waals surface area contributed by atoms with Gasteiger partial charge >= 0.3 is 132 Å². The molecule has 0 saturated carbocycles. The summed E-state index contributed by atoms with van der Waals surface area (Å²) in [6, 6.07) is 0. The molecule has 114 valence electrons. The Morgan fingerprint density at radius 2 is 1.70 bits per heavy atom. The zero-order valence-corrected chi connectivity index (χ0v) is 16.7. The van der Waals surface area contributed by atoms with Gasteiger partial charge in [-0.15, -0.1) is 0 Å². The molecule has 0 atom stereocenters. The molecular formula is C16H30InNO2. The van der Waals surface area contributed by atoms with E-state index in [4.69, 9.17) is 4.74 Å². The van der Waals surface area contributed by atoms with E-state index in [1.807, 2.05) is 20.8 Å². The summed E-state index contributed by atoms with van der Waals surface area (Å²) in [5.41, 5.74) is -0.398. The third kappa shape index (κ3) is 9.73. The first-order chi connectivity index (χ1) is 9.47. The zero-order valence-electron chi connectivity index (χ0n) is 13.4.